The quantitative estimate of drug-likeness (QED) is 0.815. The predicted octanol–water partition coefficient (Wildman–Crippen LogP) is 1.69. The Kier molecular flexibility index (Phi) is 5.60. The van der Waals surface area contributed by atoms with Gasteiger partial charge in [0, 0.05) is 17.2 Å². The maximum Gasteiger partial charge on any atom is 0.306 e. The van der Waals surface area contributed by atoms with E-state index in [1.807, 2.05) is 20.8 Å². The van der Waals surface area contributed by atoms with Crippen LogP contribution in [-0.4, -0.2) is 51.5 Å². The van der Waals surface area contributed by atoms with Crippen LogP contribution in [0.25, 0.3) is 0 Å². The minimum atomic E-state index is -0.746. The molecule has 0 aromatic carbocycles. The van der Waals surface area contributed by atoms with Crippen molar-refractivity contribution in [1.82, 2.24) is 10.2 Å². The van der Waals surface area contributed by atoms with Gasteiger partial charge in [0.1, 0.15) is 6.04 Å². The molecule has 2 aliphatic rings. The molecular formula is C16H26N2O4S. The van der Waals surface area contributed by atoms with Crippen LogP contribution in [0.1, 0.15) is 46.5 Å². The Balaban J connectivity index is 1.90. The van der Waals surface area contributed by atoms with Crippen molar-refractivity contribution in [2.75, 3.05) is 11.6 Å². The van der Waals surface area contributed by atoms with Crippen molar-refractivity contribution >= 4 is 29.5 Å². The van der Waals surface area contributed by atoms with Crippen molar-refractivity contribution in [3.63, 3.8) is 0 Å². The van der Waals surface area contributed by atoms with E-state index in [2.05, 4.69) is 5.32 Å². The third-order valence-electron chi connectivity index (χ3n) is 4.51. The van der Waals surface area contributed by atoms with Gasteiger partial charge in [0.2, 0.25) is 11.8 Å². The highest BCUT2D eigenvalue weighted by Crippen LogP contribution is 2.29. The Bertz CT molecular complexity index is 481. The van der Waals surface area contributed by atoms with E-state index in [4.69, 9.17) is 5.11 Å². The number of carboxylic acid groups (broad SMARTS) is 1. The fourth-order valence-electron chi connectivity index (χ4n) is 3.07. The van der Waals surface area contributed by atoms with E-state index in [0.717, 1.165) is 0 Å². The molecule has 0 radical (unpaired) electrons. The van der Waals surface area contributed by atoms with Crippen molar-refractivity contribution < 1.29 is 19.5 Å². The monoisotopic (exact) mass is 342 g/mol. The van der Waals surface area contributed by atoms with Crippen LogP contribution in [0.4, 0.5) is 0 Å². The molecule has 2 rings (SSSR count). The van der Waals surface area contributed by atoms with Gasteiger partial charge in [0.15, 0.2) is 0 Å². The minimum Gasteiger partial charge on any atom is -0.481 e. The van der Waals surface area contributed by atoms with E-state index in [0.29, 0.717) is 37.3 Å². The van der Waals surface area contributed by atoms with Gasteiger partial charge in [-0.05, 0) is 25.7 Å². The summed E-state index contributed by atoms with van der Waals surface area (Å²) in [5, 5.41) is 12.0. The number of thioether (sulfide) groups is 1. The van der Waals surface area contributed by atoms with Crippen LogP contribution < -0.4 is 5.32 Å². The second-order valence-corrected chi connectivity index (χ2v) is 8.44. The fourth-order valence-corrected chi connectivity index (χ4v) is 4.23. The number of carbonyl (C=O) groups excluding carboxylic acids is 2. The van der Waals surface area contributed by atoms with E-state index in [-0.39, 0.29) is 23.8 Å². The van der Waals surface area contributed by atoms with Gasteiger partial charge in [-0.2, -0.15) is 0 Å². The lowest BCUT2D eigenvalue weighted by molar-refractivity contribution is -0.145. The van der Waals surface area contributed by atoms with Crippen LogP contribution in [0.3, 0.4) is 0 Å². The van der Waals surface area contributed by atoms with Gasteiger partial charge in [-0.15, -0.1) is 11.8 Å². The number of amides is 2. The molecule has 1 heterocycles. The Morgan fingerprint density at radius 3 is 2.26 bits per heavy atom. The number of rotatable bonds is 3. The number of aliphatic carboxylic acids is 1. The maximum atomic E-state index is 12.5. The Hall–Kier alpha value is -1.24. The van der Waals surface area contributed by atoms with Crippen molar-refractivity contribution in [2.24, 2.45) is 11.3 Å². The number of nitrogens with zero attached hydrogens (tertiary/aromatic N) is 1. The van der Waals surface area contributed by atoms with Crippen molar-refractivity contribution in [3.8, 4) is 0 Å². The summed E-state index contributed by atoms with van der Waals surface area (Å²) in [4.78, 5) is 37.6. The number of carboxylic acids is 1. The minimum absolute atomic E-state index is 0.00256. The zero-order chi connectivity index (χ0) is 17.2. The van der Waals surface area contributed by atoms with Gasteiger partial charge in [-0.3, -0.25) is 14.4 Å². The van der Waals surface area contributed by atoms with Crippen LogP contribution in [0.2, 0.25) is 0 Å². The van der Waals surface area contributed by atoms with Crippen LogP contribution >= 0.6 is 11.8 Å². The molecule has 130 valence electrons. The van der Waals surface area contributed by atoms with E-state index >= 15 is 0 Å². The third-order valence-corrected chi connectivity index (χ3v) is 5.52. The summed E-state index contributed by atoms with van der Waals surface area (Å²) < 4.78 is 0. The smallest absolute Gasteiger partial charge is 0.306 e. The first-order valence-electron chi connectivity index (χ1n) is 8.12. The molecule has 6 nitrogen and oxygen atoms in total. The summed E-state index contributed by atoms with van der Waals surface area (Å²) in [6.07, 6.45) is 2.58. The lowest BCUT2D eigenvalue weighted by Gasteiger charge is -2.32. The topological polar surface area (TPSA) is 86.7 Å². The molecule has 1 unspecified atom stereocenters. The average molecular weight is 342 g/mol. The molecule has 0 aromatic rings. The van der Waals surface area contributed by atoms with Crippen molar-refractivity contribution in [1.29, 1.82) is 0 Å². The van der Waals surface area contributed by atoms with Gasteiger partial charge in [-0.25, -0.2) is 0 Å². The van der Waals surface area contributed by atoms with E-state index < -0.39 is 17.4 Å². The predicted molar refractivity (Wildman–Crippen MR) is 88.9 cm³/mol. The zero-order valence-electron chi connectivity index (χ0n) is 14.0. The van der Waals surface area contributed by atoms with Gasteiger partial charge in [0.25, 0.3) is 0 Å². The summed E-state index contributed by atoms with van der Waals surface area (Å²) in [5.41, 5.74) is -0.497. The molecule has 0 aromatic heterocycles. The molecule has 1 atom stereocenters. The molecule has 2 N–H and O–H groups in total. The second kappa shape index (κ2) is 7.11. The zero-order valence-corrected chi connectivity index (χ0v) is 14.8. The van der Waals surface area contributed by atoms with Gasteiger partial charge >= 0.3 is 5.97 Å². The molecule has 2 amide bonds. The molecule has 1 aliphatic heterocycles. The first-order valence-corrected chi connectivity index (χ1v) is 9.27. The number of hydrogen-bond donors (Lipinski definition) is 2. The number of hydrogen-bond acceptors (Lipinski definition) is 4. The van der Waals surface area contributed by atoms with E-state index in [1.54, 1.807) is 16.7 Å². The molecule has 0 spiro atoms. The normalized spacial score (nSPS) is 28.5. The Labute approximate surface area is 141 Å². The fraction of sp³-hybridized carbons (Fsp3) is 0.812. The van der Waals surface area contributed by atoms with Crippen LogP contribution in [0.5, 0.6) is 0 Å². The highest BCUT2D eigenvalue weighted by atomic mass is 32.2. The largest absolute Gasteiger partial charge is 0.481 e. The molecule has 1 saturated carbocycles. The average Bonchev–Trinajstić information content (AvgIpc) is 2.95. The lowest BCUT2D eigenvalue weighted by atomic mass is 9.86. The Morgan fingerprint density at radius 2 is 1.74 bits per heavy atom. The van der Waals surface area contributed by atoms with Crippen molar-refractivity contribution in [2.45, 2.75) is 58.5 Å². The van der Waals surface area contributed by atoms with Crippen LogP contribution in [0, 0.1) is 11.3 Å². The standard InChI is InChI=1S/C16H26N2O4S/c1-16(2,3)15(22)18-9-23-8-12(18)13(19)17-11-6-4-10(5-7-11)14(20)21/h10-12H,4-9H2,1-3H3,(H,17,19)(H,20,21). The summed E-state index contributed by atoms with van der Waals surface area (Å²) in [6, 6.07) is -0.390. The van der Waals surface area contributed by atoms with Crippen LogP contribution in [-0.2, 0) is 14.4 Å². The van der Waals surface area contributed by atoms with Gasteiger partial charge in [-0.1, -0.05) is 20.8 Å². The summed E-state index contributed by atoms with van der Waals surface area (Å²) in [6.45, 7) is 5.58. The summed E-state index contributed by atoms with van der Waals surface area (Å²) >= 11 is 1.60. The van der Waals surface area contributed by atoms with Gasteiger partial charge < -0.3 is 15.3 Å². The second-order valence-electron chi connectivity index (χ2n) is 7.44. The first kappa shape index (κ1) is 18.1. The van der Waals surface area contributed by atoms with Gasteiger partial charge in [0.05, 0.1) is 11.8 Å². The molecule has 0 bridgehead atoms. The number of carbonyl (C=O) groups is 3. The van der Waals surface area contributed by atoms with E-state index in [1.165, 1.54) is 0 Å². The molecule has 7 heteroatoms. The van der Waals surface area contributed by atoms with E-state index in [9.17, 15) is 14.4 Å². The molecular weight excluding hydrogens is 316 g/mol. The molecule has 23 heavy (non-hydrogen) atoms. The SMILES string of the molecule is CC(C)(C)C(=O)N1CSCC1C(=O)NC1CCC(C(=O)O)CC1. The lowest BCUT2D eigenvalue weighted by Crippen LogP contribution is -2.52. The molecule has 1 saturated heterocycles. The van der Waals surface area contributed by atoms with Crippen LogP contribution in [0.15, 0.2) is 0 Å². The van der Waals surface area contributed by atoms with Crippen molar-refractivity contribution in [3.05, 3.63) is 0 Å². The highest BCUT2D eigenvalue weighted by molar-refractivity contribution is 7.99. The number of nitrogens with one attached hydrogen (secondary N) is 1. The maximum absolute atomic E-state index is 12.5. The summed E-state index contributed by atoms with van der Waals surface area (Å²) in [5.74, 6) is 0.0367. The highest BCUT2D eigenvalue weighted by Gasteiger charge is 2.39. The molecule has 1 aliphatic carbocycles. The summed E-state index contributed by atoms with van der Waals surface area (Å²) in [7, 11) is 0. The molecule has 2 fully saturated rings. The first-order chi connectivity index (χ1) is 10.7. The Morgan fingerprint density at radius 1 is 1.13 bits per heavy atom. The third kappa shape index (κ3) is 4.40.